The maximum absolute atomic E-state index is 14.0. The van der Waals surface area contributed by atoms with E-state index in [4.69, 9.17) is 14.6 Å². The minimum atomic E-state index is -0.623. The van der Waals surface area contributed by atoms with E-state index in [-0.39, 0.29) is 18.4 Å². The first-order valence-electron chi connectivity index (χ1n) is 14.4. The summed E-state index contributed by atoms with van der Waals surface area (Å²) in [6.45, 7) is 15.1. The standard InChI is InChI=1S/C31H39BrN6O4S/c1-8-37(9-2)25(39)17-42-28-22(32)15-21(16-24(28)41-10-3)27-26(29(40)34-23-14-12-13-18(5)19(23)6)20(7)33-30-35-31(43-11-4)36-38(27)30/h12-16,27H,8-11,17H2,1-7H3,(H,34,40)(H,33,35,36). The number of rotatable bonds is 12. The maximum atomic E-state index is 14.0. The van der Waals surface area contributed by atoms with E-state index >= 15 is 0 Å². The van der Waals surface area contributed by atoms with Gasteiger partial charge in [-0.1, -0.05) is 30.8 Å². The molecule has 230 valence electrons. The number of carbonyl (C=O) groups excluding carboxylic acids is 2. The predicted octanol–water partition coefficient (Wildman–Crippen LogP) is 6.34. The summed E-state index contributed by atoms with van der Waals surface area (Å²) in [5.74, 6) is 1.85. The second-order valence-corrected chi connectivity index (χ2v) is 12.1. The van der Waals surface area contributed by atoms with E-state index in [1.54, 1.807) is 9.58 Å². The summed E-state index contributed by atoms with van der Waals surface area (Å²) in [6.07, 6.45) is 0. The molecule has 2 amide bonds. The third kappa shape index (κ3) is 7.01. The number of hydrogen-bond donors (Lipinski definition) is 2. The van der Waals surface area contributed by atoms with Crippen molar-refractivity contribution in [3.05, 3.63) is 62.8 Å². The Bertz CT molecular complexity index is 1530. The number of halogens is 1. The van der Waals surface area contributed by atoms with E-state index in [1.165, 1.54) is 11.8 Å². The number of thioether (sulfide) groups is 1. The summed E-state index contributed by atoms with van der Waals surface area (Å²) in [6, 6.07) is 8.94. The monoisotopic (exact) mass is 670 g/mol. The number of nitrogens with zero attached hydrogens (tertiary/aromatic N) is 4. The summed E-state index contributed by atoms with van der Waals surface area (Å²) < 4.78 is 14.4. The Morgan fingerprint density at radius 2 is 1.86 bits per heavy atom. The number of hydrogen-bond acceptors (Lipinski definition) is 8. The lowest BCUT2D eigenvalue weighted by atomic mass is 9.94. The Morgan fingerprint density at radius 1 is 1.12 bits per heavy atom. The van der Waals surface area contributed by atoms with E-state index in [0.29, 0.717) is 58.0 Å². The van der Waals surface area contributed by atoms with Crippen LogP contribution in [0.25, 0.3) is 0 Å². The van der Waals surface area contributed by atoms with Crippen molar-refractivity contribution in [2.75, 3.05) is 42.7 Å². The summed E-state index contributed by atoms with van der Waals surface area (Å²) >= 11 is 5.18. The molecule has 0 spiro atoms. The average molecular weight is 672 g/mol. The van der Waals surface area contributed by atoms with Gasteiger partial charge in [-0.3, -0.25) is 9.59 Å². The van der Waals surface area contributed by atoms with Crippen LogP contribution in [0.1, 0.15) is 57.4 Å². The van der Waals surface area contributed by atoms with Gasteiger partial charge in [-0.15, -0.1) is 5.10 Å². The van der Waals surface area contributed by atoms with Crippen molar-refractivity contribution >= 4 is 51.1 Å². The van der Waals surface area contributed by atoms with Gasteiger partial charge >= 0.3 is 0 Å². The van der Waals surface area contributed by atoms with Gasteiger partial charge in [0.2, 0.25) is 11.1 Å². The molecule has 2 heterocycles. The van der Waals surface area contributed by atoms with Gasteiger partial charge in [-0.2, -0.15) is 4.98 Å². The number of fused-ring (bicyclic) bond motifs is 1. The summed E-state index contributed by atoms with van der Waals surface area (Å²) in [5.41, 5.74) is 4.73. The molecule has 2 aromatic carbocycles. The number of likely N-dealkylation sites (N-methyl/N-ethyl adjacent to an activating group) is 1. The number of ether oxygens (including phenoxy) is 2. The Hall–Kier alpha value is -3.51. The normalized spacial score (nSPS) is 14.2. The summed E-state index contributed by atoms with van der Waals surface area (Å²) in [4.78, 5) is 33.1. The molecule has 1 aromatic heterocycles. The van der Waals surface area contributed by atoms with Crippen molar-refractivity contribution in [3.63, 3.8) is 0 Å². The lowest BCUT2D eigenvalue weighted by Gasteiger charge is -2.29. The highest BCUT2D eigenvalue weighted by atomic mass is 79.9. The van der Waals surface area contributed by atoms with Crippen LogP contribution in [0.2, 0.25) is 0 Å². The number of amides is 2. The van der Waals surface area contributed by atoms with Crippen molar-refractivity contribution in [2.24, 2.45) is 0 Å². The van der Waals surface area contributed by atoms with E-state index < -0.39 is 6.04 Å². The Morgan fingerprint density at radius 3 is 2.53 bits per heavy atom. The van der Waals surface area contributed by atoms with Crippen LogP contribution in [0.3, 0.4) is 0 Å². The summed E-state index contributed by atoms with van der Waals surface area (Å²) in [7, 11) is 0. The fourth-order valence-corrected chi connectivity index (χ4v) is 6.08. The number of anilines is 2. The van der Waals surface area contributed by atoms with Crippen LogP contribution in [0.4, 0.5) is 11.6 Å². The smallest absolute Gasteiger partial charge is 0.260 e. The SMILES string of the molecule is CCOc1cc(C2C(C(=O)Nc3cccc(C)c3C)=C(C)Nc3nc(SCC)nn32)cc(Br)c1OCC(=O)N(CC)CC. The molecule has 43 heavy (non-hydrogen) atoms. The van der Waals surface area contributed by atoms with Gasteiger partial charge in [-0.25, -0.2) is 4.68 Å². The van der Waals surface area contributed by atoms with Crippen LogP contribution >= 0.6 is 27.7 Å². The first kappa shape index (κ1) is 32.4. The number of aromatic nitrogens is 3. The first-order valence-corrected chi connectivity index (χ1v) is 16.2. The molecule has 12 heteroatoms. The van der Waals surface area contributed by atoms with Crippen LogP contribution in [0.15, 0.2) is 51.2 Å². The Kier molecular flexibility index (Phi) is 10.8. The van der Waals surface area contributed by atoms with Crippen LogP contribution < -0.4 is 20.1 Å². The van der Waals surface area contributed by atoms with Crippen molar-refractivity contribution in [1.82, 2.24) is 19.7 Å². The molecular weight excluding hydrogens is 632 g/mol. The molecule has 4 rings (SSSR count). The number of nitrogens with one attached hydrogen (secondary N) is 2. The van der Waals surface area contributed by atoms with E-state index in [0.717, 1.165) is 28.1 Å². The molecule has 0 aliphatic carbocycles. The number of aryl methyl sites for hydroxylation is 1. The molecule has 1 unspecified atom stereocenters. The van der Waals surface area contributed by atoms with Crippen molar-refractivity contribution in [3.8, 4) is 11.5 Å². The molecule has 10 nitrogen and oxygen atoms in total. The topological polar surface area (TPSA) is 111 Å². The van der Waals surface area contributed by atoms with E-state index in [2.05, 4.69) is 31.5 Å². The molecule has 0 fully saturated rings. The number of carbonyl (C=O) groups is 2. The zero-order valence-electron chi connectivity index (χ0n) is 25.7. The van der Waals surface area contributed by atoms with Gasteiger partial charge in [0.05, 0.1) is 16.7 Å². The molecule has 0 saturated carbocycles. The van der Waals surface area contributed by atoms with Gasteiger partial charge in [-0.05, 0) is 98.1 Å². The Balaban J connectivity index is 1.79. The van der Waals surface area contributed by atoms with Crippen LogP contribution in [-0.2, 0) is 9.59 Å². The number of benzene rings is 2. The third-order valence-electron chi connectivity index (χ3n) is 7.31. The molecular formula is C31H39BrN6O4S. The molecule has 3 aromatic rings. The highest BCUT2D eigenvalue weighted by Crippen LogP contribution is 2.43. The van der Waals surface area contributed by atoms with Gasteiger partial charge < -0.3 is 25.0 Å². The highest BCUT2D eigenvalue weighted by Gasteiger charge is 2.35. The fraction of sp³-hybridized carbons (Fsp3) is 0.419. The lowest BCUT2D eigenvalue weighted by molar-refractivity contribution is -0.133. The van der Waals surface area contributed by atoms with Gasteiger partial charge in [0, 0.05) is 24.5 Å². The van der Waals surface area contributed by atoms with Crippen LogP contribution in [0, 0.1) is 13.8 Å². The van der Waals surface area contributed by atoms with Crippen LogP contribution in [-0.4, -0.2) is 63.5 Å². The molecule has 1 aliphatic heterocycles. The lowest BCUT2D eigenvalue weighted by Crippen LogP contribution is -2.34. The van der Waals surface area contributed by atoms with Crippen LogP contribution in [0.5, 0.6) is 11.5 Å². The Labute approximate surface area is 265 Å². The predicted molar refractivity (Wildman–Crippen MR) is 174 cm³/mol. The fourth-order valence-electron chi connectivity index (χ4n) is 4.95. The average Bonchev–Trinajstić information content (AvgIpc) is 3.36. The molecule has 1 aliphatic rings. The van der Waals surface area contributed by atoms with Crippen molar-refractivity contribution < 1.29 is 19.1 Å². The second kappa shape index (κ2) is 14.3. The van der Waals surface area contributed by atoms with Gasteiger partial charge in [0.1, 0.15) is 6.04 Å². The third-order valence-corrected chi connectivity index (χ3v) is 8.62. The van der Waals surface area contributed by atoms with E-state index in [1.807, 2.05) is 78.8 Å². The zero-order valence-corrected chi connectivity index (χ0v) is 28.1. The molecule has 2 N–H and O–H groups in total. The molecule has 1 atom stereocenters. The quantitative estimate of drug-likeness (QED) is 0.215. The van der Waals surface area contributed by atoms with E-state index in [9.17, 15) is 9.59 Å². The highest BCUT2D eigenvalue weighted by molar-refractivity contribution is 9.10. The minimum absolute atomic E-state index is 0.112. The molecule has 0 saturated heterocycles. The summed E-state index contributed by atoms with van der Waals surface area (Å²) in [5, 5.41) is 11.8. The largest absolute Gasteiger partial charge is 0.490 e. The van der Waals surface area contributed by atoms with Crippen molar-refractivity contribution in [2.45, 2.75) is 59.7 Å². The van der Waals surface area contributed by atoms with Crippen molar-refractivity contribution in [1.29, 1.82) is 0 Å². The minimum Gasteiger partial charge on any atom is -0.490 e. The zero-order chi connectivity index (χ0) is 31.3. The maximum Gasteiger partial charge on any atom is 0.260 e. The number of allylic oxidation sites excluding steroid dienone is 1. The second-order valence-electron chi connectivity index (χ2n) is 9.98. The first-order chi connectivity index (χ1) is 20.6. The van der Waals surface area contributed by atoms with Gasteiger partial charge in [0.25, 0.3) is 11.8 Å². The molecule has 0 bridgehead atoms. The van der Waals surface area contributed by atoms with Gasteiger partial charge in [0.15, 0.2) is 18.1 Å². The molecule has 0 radical (unpaired) electrons.